The second-order valence-electron chi connectivity index (χ2n) is 4.06. The summed E-state index contributed by atoms with van der Waals surface area (Å²) in [5, 5.41) is 16.2. The highest BCUT2D eigenvalue weighted by atomic mass is 32.2. The van der Waals surface area contributed by atoms with Crippen LogP contribution in [0.15, 0.2) is 23.1 Å². The summed E-state index contributed by atoms with van der Waals surface area (Å²) in [6.45, 7) is 1.85. The first-order valence-corrected chi connectivity index (χ1v) is 6.46. The van der Waals surface area contributed by atoms with Crippen LogP contribution in [-0.2, 0) is 6.18 Å². The Balaban J connectivity index is 3.09. The molecular formula is C12H15F3N2OS. The van der Waals surface area contributed by atoms with Gasteiger partial charge in [-0.05, 0) is 24.6 Å². The molecule has 0 spiro atoms. The third-order valence-electron chi connectivity index (χ3n) is 2.46. The van der Waals surface area contributed by atoms with Gasteiger partial charge in [-0.15, -0.1) is 11.8 Å². The Morgan fingerprint density at radius 1 is 1.47 bits per heavy atom. The molecular weight excluding hydrogens is 277 g/mol. The molecule has 7 heteroatoms. The maximum absolute atomic E-state index is 12.6. The molecule has 0 aliphatic carbocycles. The lowest BCUT2D eigenvalue weighted by atomic mass is 10.1. The fourth-order valence-electron chi connectivity index (χ4n) is 1.48. The zero-order chi connectivity index (χ0) is 14.6. The van der Waals surface area contributed by atoms with E-state index in [4.69, 9.17) is 16.2 Å². The summed E-state index contributed by atoms with van der Waals surface area (Å²) in [6.07, 6.45) is -3.94. The van der Waals surface area contributed by atoms with Crippen molar-refractivity contribution in [3.63, 3.8) is 0 Å². The van der Waals surface area contributed by atoms with Crippen LogP contribution in [0.4, 0.5) is 13.2 Å². The molecule has 0 aliphatic heterocycles. The largest absolute Gasteiger partial charge is 0.416 e. The van der Waals surface area contributed by atoms with Crippen molar-refractivity contribution in [2.75, 3.05) is 6.61 Å². The molecule has 3 nitrogen and oxygen atoms in total. The number of nitrogen functional groups attached to an aromatic ring is 1. The molecule has 1 unspecified atom stereocenters. The molecule has 0 aromatic heterocycles. The van der Waals surface area contributed by atoms with E-state index in [0.717, 1.165) is 12.1 Å². The van der Waals surface area contributed by atoms with Crippen LogP contribution in [0.5, 0.6) is 0 Å². The number of benzene rings is 1. The van der Waals surface area contributed by atoms with Crippen molar-refractivity contribution in [2.24, 2.45) is 5.73 Å². The topological polar surface area (TPSA) is 70.1 Å². The average Bonchev–Trinajstić information content (AvgIpc) is 2.27. The van der Waals surface area contributed by atoms with E-state index in [1.165, 1.54) is 17.8 Å². The quantitative estimate of drug-likeness (QED) is 0.444. The minimum absolute atomic E-state index is 0.00417. The van der Waals surface area contributed by atoms with Crippen LogP contribution in [0.25, 0.3) is 0 Å². The summed E-state index contributed by atoms with van der Waals surface area (Å²) < 4.78 is 37.8. The van der Waals surface area contributed by atoms with Crippen LogP contribution < -0.4 is 5.73 Å². The van der Waals surface area contributed by atoms with E-state index in [1.807, 2.05) is 6.92 Å². The summed E-state index contributed by atoms with van der Waals surface area (Å²) in [7, 11) is 0. The Morgan fingerprint density at radius 2 is 2.11 bits per heavy atom. The standard InChI is InChI=1S/C12H15F3N2OS/c1-7(4-5-18)19-10-3-2-8(12(13,14)15)6-9(10)11(16)17/h2-3,6-7,18H,4-5H2,1H3,(H3,16,17). The van der Waals surface area contributed by atoms with Crippen molar-refractivity contribution in [3.8, 4) is 0 Å². The Morgan fingerprint density at radius 3 is 2.58 bits per heavy atom. The van der Waals surface area contributed by atoms with E-state index >= 15 is 0 Å². The highest BCUT2D eigenvalue weighted by molar-refractivity contribution is 8.00. The van der Waals surface area contributed by atoms with Gasteiger partial charge in [0.15, 0.2) is 0 Å². The Hall–Kier alpha value is -1.21. The van der Waals surface area contributed by atoms with Gasteiger partial charge < -0.3 is 10.8 Å². The Bertz CT molecular complexity index is 463. The fraction of sp³-hybridized carbons (Fsp3) is 0.417. The molecule has 1 atom stereocenters. The summed E-state index contributed by atoms with van der Waals surface area (Å²) in [6, 6.07) is 3.18. The van der Waals surface area contributed by atoms with Crippen LogP contribution >= 0.6 is 11.8 Å². The van der Waals surface area contributed by atoms with E-state index in [0.29, 0.717) is 11.3 Å². The lowest BCUT2D eigenvalue weighted by Gasteiger charge is -2.15. The highest BCUT2D eigenvalue weighted by Gasteiger charge is 2.31. The van der Waals surface area contributed by atoms with Gasteiger partial charge in [0, 0.05) is 22.3 Å². The van der Waals surface area contributed by atoms with Crippen molar-refractivity contribution in [1.82, 2.24) is 0 Å². The number of aliphatic hydroxyl groups is 1. The maximum atomic E-state index is 12.6. The number of nitrogens with one attached hydrogen (secondary N) is 1. The average molecular weight is 292 g/mol. The predicted molar refractivity (Wildman–Crippen MR) is 69.5 cm³/mol. The minimum Gasteiger partial charge on any atom is -0.396 e. The molecule has 0 radical (unpaired) electrons. The number of hydrogen-bond acceptors (Lipinski definition) is 3. The number of halogens is 3. The molecule has 0 saturated heterocycles. The second kappa shape index (κ2) is 6.29. The van der Waals surface area contributed by atoms with Gasteiger partial charge >= 0.3 is 6.18 Å². The van der Waals surface area contributed by atoms with Crippen molar-refractivity contribution < 1.29 is 18.3 Å². The Labute approximate surface area is 113 Å². The molecule has 1 aromatic carbocycles. The summed E-state index contributed by atoms with van der Waals surface area (Å²) in [5.41, 5.74) is 4.58. The lowest BCUT2D eigenvalue weighted by Crippen LogP contribution is -2.15. The Kier molecular flexibility index (Phi) is 5.25. The molecule has 0 saturated carbocycles. The van der Waals surface area contributed by atoms with E-state index in [2.05, 4.69) is 0 Å². The number of hydrogen-bond donors (Lipinski definition) is 3. The first-order valence-electron chi connectivity index (χ1n) is 5.59. The SMILES string of the molecule is CC(CCO)Sc1ccc(C(F)(F)F)cc1C(=N)N. The molecule has 106 valence electrons. The van der Waals surface area contributed by atoms with E-state index in [1.54, 1.807) is 0 Å². The zero-order valence-corrected chi connectivity index (χ0v) is 11.1. The van der Waals surface area contributed by atoms with Gasteiger partial charge in [0.25, 0.3) is 0 Å². The van der Waals surface area contributed by atoms with Crippen LogP contribution in [0.2, 0.25) is 0 Å². The van der Waals surface area contributed by atoms with Crippen LogP contribution in [0.3, 0.4) is 0 Å². The highest BCUT2D eigenvalue weighted by Crippen LogP contribution is 2.34. The first kappa shape index (κ1) is 15.8. The predicted octanol–water partition coefficient (Wildman–Crippen LogP) is 2.85. The van der Waals surface area contributed by atoms with Gasteiger partial charge in [-0.25, -0.2) is 0 Å². The number of amidine groups is 1. The fourth-order valence-corrected chi connectivity index (χ4v) is 2.58. The van der Waals surface area contributed by atoms with Gasteiger partial charge in [-0.2, -0.15) is 13.2 Å². The number of aliphatic hydroxyl groups excluding tert-OH is 1. The monoisotopic (exact) mass is 292 g/mol. The van der Waals surface area contributed by atoms with Crippen LogP contribution in [0.1, 0.15) is 24.5 Å². The number of thioether (sulfide) groups is 1. The smallest absolute Gasteiger partial charge is 0.396 e. The van der Waals surface area contributed by atoms with Gasteiger partial charge in [-0.3, -0.25) is 5.41 Å². The van der Waals surface area contributed by atoms with Gasteiger partial charge in [-0.1, -0.05) is 6.92 Å². The molecule has 0 bridgehead atoms. The van der Waals surface area contributed by atoms with Gasteiger partial charge in [0.05, 0.1) is 5.56 Å². The third kappa shape index (κ3) is 4.43. The van der Waals surface area contributed by atoms with Gasteiger partial charge in [0.2, 0.25) is 0 Å². The zero-order valence-electron chi connectivity index (χ0n) is 10.3. The maximum Gasteiger partial charge on any atom is 0.416 e. The van der Waals surface area contributed by atoms with E-state index in [9.17, 15) is 13.2 Å². The summed E-state index contributed by atoms with van der Waals surface area (Å²) in [4.78, 5) is 0.515. The normalized spacial score (nSPS) is 13.3. The van der Waals surface area contributed by atoms with Crippen molar-refractivity contribution in [3.05, 3.63) is 29.3 Å². The molecule has 0 amide bonds. The third-order valence-corrected chi connectivity index (χ3v) is 3.71. The minimum atomic E-state index is -4.45. The van der Waals surface area contributed by atoms with E-state index in [-0.39, 0.29) is 17.4 Å². The molecule has 19 heavy (non-hydrogen) atoms. The van der Waals surface area contributed by atoms with Crippen molar-refractivity contribution in [1.29, 1.82) is 5.41 Å². The van der Waals surface area contributed by atoms with Crippen LogP contribution in [0, 0.1) is 5.41 Å². The second-order valence-corrected chi connectivity index (χ2v) is 5.54. The molecule has 0 fully saturated rings. The van der Waals surface area contributed by atoms with Gasteiger partial charge in [0.1, 0.15) is 5.84 Å². The molecule has 0 aliphatic rings. The first-order chi connectivity index (χ1) is 8.75. The summed E-state index contributed by atoms with van der Waals surface area (Å²) in [5.74, 6) is -0.398. The lowest BCUT2D eigenvalue weighted by molar-refractivity contribution is -0.137. The summed E-state index contributed by atoms with van der Waals surface area (Å²) >= 11 is 1.29. The molecule has 1 aromatic rings. The number of alkyl halides is 3. The molecule has 4 N–H and O–H groups in total. The van der Waals surface area contributed by atoms with E-state index < -0.39 is 17.6 Å². The number of nitrogens with two attached hydrogens (primary N) is 1. The van der Waals surface area contributed by atoms with Crippen molar-refractivity contribution in [2.45, 2.75) is 29.7 Å². The number of rotatable bonds is 5. The molecule has 1 rings (SSSR count). The molecule has 0 heterocycles. The van der Waals surface area contributed by atoms with Crippen LogP contribution in [-0.4, -0.2) is 22.8 Å². The van der Waals surface area contributed by atoms with Crippen molar-refractivity contribution >= 4 is 17.6 Å².